The standard InChI is InChI=1S/C11H15N/c1-2-3-4-7-10-8-5-6-9-11(10)12/h4-9H,2-3,12H2,1H3/b7-4-. The number of benzene rings is 1. The van der Waals surface area contributed by atoms with E-state index in [1.165, 1.54) is 6.42 Å². The maximum Gasteiger partial charge on any atom is 0.0387 e. The molecule has 0 saturated carbocycles. The maximum absolute atomic E-state index is 5.75. The van der Waals surface area contributed by atoms with Crippen LogP contribution in [0.1, 0.15) is 25.3 Å². The SMILES string of the molecule is CCC/C=C\c1ccccc1N. The predicted octanol–water partition coefficient (Wildman–Crippen LogP) is 3.08. The molecule has 2 N–H and O–H groups in total. The number of unbranched alkanes of at least 4 members (excludes halogenated alkanes) is 1. The van der Waals surface area contributed by atoms with Crippen molar-refractivity contribution in [2.24, 2.45) is 0 Å². The van der Waals surface area contributed by atoms with Gasteiger partial charge in [0.1, 0.15) is 0 Å². The van der Waals surface area contributed by atoms with Crippen LogP contribution in [-0.4, -0.2) is 0 Å². The fourth-order valence-electron chi connectivity index (χ4n) is 1.04. The topological polar surface area (TPSA) is 26.0 Å². The molecule has 12 heavy (non-hydrogen) atoms. The lowest BCUT2D eigenvalue weighted by atomic mass is 10.1. The van der Waals surface area contributed by atoms with Gasteiger partial charge in [-0.3, -0.25) is 0 Å². The van der Waals surface area contributed by atoms with Crippen molar-refractivity contribution < 1.29 is 0 Å². The Morgan fingerprint density at radius 2 is 2.08 bits per heavy atom. The summed E-state index contributed by atoms with van der Waals surface area (Å²) in [6.07, 6.45) is 6.54. The monoisotopic (exact) mass is 161 g/mol. The van der Waals surface area contributed by atoms with E-state index < -0.39 is 0 Å². The second-order valence-corrected chi connectivity index (χ2v) is 2.82. The molecule has 0 amide bonds. The molecule has 64 valence electrons. The first-order chi connectivity index (χ1) is 5.84. The molecular weight excluding hydrogens is 146 g/mol. The van der Waals surface area contributed by atoms with Gasteiger partial charge < -0.3 is 5.73 Å². The molecule has 0 aliphatic carbocycles. The lowest BCUT2D eigenvalue weighted by molar-refractivity contribution is 0.962. The number of nitrogens with two attached hydrogens (primary N) is 1. The predicted molar refractivity (Wildman–Crippen MR) is 54.8 cm³/mol. The van der Waals surface area contributed by atoms with Crippen molar-refractivity contribution in [3.63, 3.8) is 0 Å². The van der Waals surface area contributed by atoms with Crippen molar-refractivity contribution in [3.8, 4) is 0 Å². The molecule has 1 aromatic carbocycles. The molecule has 1 nitrogen and oxygen atoms in total. The van der Waals surface area contributed by atoms with Gasteiger partial charge in [0.15, 0.2) is 0 Å². The summed E-state index contributed by atoms with van der Waals surface area (Å²) < 4.78 is 0. The Balaban J connectivity index is 2.68. The Morgan fingerprint density at radius 3 is 2.75 bits per heavy atom. The van der Waals surface area contributed by atoms with E-state index in [9.17, 15) is 0 Å². The second-order valence-electron chi connectivity index (χ2n) is 2.82. The third kappa shape index (κ3) is 2.42. The van der Waals surface area contributed by atoms with E-state index in [0.717, 1.165) is 17.7 Å². The van der Waals surface area contributed by atoms with Crippen molar-refractivity contribution in [1.82, 2.24) is 0 Å². The minimum atomic E-state index is 0.852. The van der Waals surface area contributed by atoms with Gasteiger partial charge in [-0.1, -0.05) is 43.7 Å². The van der Waals surface area contributed by atoms with Crippen LogP contribution >= 0.6 is 0 Å². The Kier molecular flexibility index (Phi) is 3.39. The summed E-state index contributed by atoms with van der Waals surface area (Å²) in [5, 5.41) is 0. The average molecular weight is 161 g/mol. The average Bonchev–Trinajstić information content (AvgIpc) is 2.09. The highest BCUT2D eigenvalue weighted by Crippen LogP contribution is 2.12. The largest absolute Gasteiger partial charge is 0.398 e. The van der Waals surface area contributed by atoms with Gasteiger partial charge in [-0.05, 0) is 18.1 Å². The number of allylic oxidation sites excluding steroid dienone is 1. The van der Waals surface area contributed by atoms with E-state index in [4.69, 9.17) is 5.73 Å². The van der Waals surface area contributed by atoms with Crippen molar-refractivity contribution in [3.05, 3.63) is 35.9 Å². The third-order valence-electron chi connectivity index (χ3n) is 1.75. The van der Waals surface area contributed by atoms with E-state index in [2.05, 4.69) is 19.1 Å². The molecule has 0 saturated heterocycles. The van der Waals surface area contributed by atoms with Crippen molar-refractivity contribution in [1.29, 1.82) is 0 Å². The zero-order chi connectivity index (χ0) is 8.81. The fraction of sp³-hybridized carbons (Fsp3) is 0.273. The second kappa shape index (κ2) is 4.60. The summed E-state index contributed by atoms with van der Waals surface area (Å²) in [5.74, 6) is 0. The minimum Gasteiger partial charge on any atom is -0.398 e. The van der Waals surface area contributed by atoms with Crippen LogP contribution in [0.4, 0.5) is 5.69 Å². The first-order valence-corrected chi connectivity index (χ1v) is 4.35. The van der Waals surface area contributed by atoms with Crippen LogP contribution in [0.15, 0.2) is 30.3 Å². The van der Waals surface area contributed by atoms with Gasteiger partial charge in [0.2, 0.25) is 0 Å². The lowest BCUT2D eigenvalue weighted by Gasteiger charge is -1.97. The molecule has 0 aliphatic rings. The van der Waals surface area contributed by atoms with Gasteiger partial charge in [-0.2, -0.15) is 0 Å². The molecule has 0 fully saturated rings. The lowest BCUT2D eigenvalue weighted by Crippen LogP contribution is -1.87. The number of anilines is 1. The highest BCUT2D eigenvalue weighted by Gasteiger charge is 1.89. The van der Waals surface area contributed by atoms with Gasteiger partial charge in [-0.15, -0.1) is 0 Å². The normalized spacial score (nSPS) is 10.8. The van der Waals surface area contributed by atoms with Crippen molar-refractivity contribution >= 4 is 11.8 Å². The molecule has 0 atom stereocenters. The molecule has 1 rings (SSSR count). The van der Waals surface area contributed by atoms with Crippen LogP contribution in [0.5, 0.6) is 0 Å². The number of nitrogen functional groups attached to an aromatic ring is 1. The quantitative estimate of drug-likeness (QED) is 0.677. The zero-order valence-corrected chi connectivity index (χ0v) is 7.46. The maximum atomic E-state index is 5.75. The van der Waals surface area contributed by atoms with E-state index in [-0.39, 0.29) is 0 Å². The number of hydrogen-bond donors (Lipinski definition) is 1. The summed E-state index contributed by atoms with van der Waals surface area (Å²) in [5.41, 5.74) is 7.72. The van der Waals surface area contributed by atoms with Crippen LogP contribution in [0.25, 0.3) is 6.08 Å². The molecule has 0 unspecified atom stereocenters. The highest BCUT2D eigenvalue weighted by molar-refractivity contribution is 5.63. The molecule has 0 aliphatic heterocycles. The molecule has 1 aromatic rings. The molecule has 1 heteroatoms. The summed E-state index contributed by atoms with van der Waals surface area (Å²) in [7, 11) is 0. The van der Waals surface area contributed by atoms with Gasteiger partial charge in [0, 0.05) is 5.69 Å². The first-order valence-electron chi connectivity index (χ1n) is 4.35. The van der Waals surface area contributed by atoms with E-state index in [1.54, 1.807) is 0 Å². The first kappa shape index (κ1) is 8.85. The van der Waals surface area contributed by atoms with E-state index in [0.29, 0.717) is 0 Å². The van der Waals surface area contributed by atoms with Gasteiger partial charge >= 0.3 is 0 Å². The number of rotatable bonds is 3. The molecule has 0 radical (unpaired) electrons. The zero-order valence-electron chi connectivity index (χ0n) is 7.46. The van der Waals surface area contributed by atoms with Gasteiger partial charge in [0.25, 0.3) is 0 Å². The van der Waals surface area contributed by atoms with Crippen LogP contribution in [-0.2, 0) is 0 Å². The number of hydrogen-bond acceptors (Lipinski definition) is 1. The highest BCUT2D eigenvalue weighted by atomic mass is 14.5. The van der Waals surface area contributed by atoms with Crippen LogP contribution in [0.2, 0.25) is 0 Å². The van der Waals surface area contributed by atoms with Gasteiger partial charge in [-0.25, -0.2) is 0 Å². The van der Waals surface area contributed by atoms with Crippen molar-refractivity contribution in [2.45, 2.75) is 19.8 Å². The summed E-state index contributed by atoms with van der Waals surface area (Å²) in [6, 6.07) is 7.90. The molecular formula is C11H15N. The Bertz CT molecular complexity index is 263. The van der Waals surface area contributed by atoms with Crippen molar-refractivity contribution in [2.75, 3.05) is 5.73 Å². The van der Waals surface area contributed by atoms with Crippen LogP contribution < -0.4 is 5.73 Å². The molecule has 0 bridgehead atoms. The summed E-state index contributed by atoms with van der Waals surface area (Å²) in [6.45, 7) is 2.17. The van der Waals surface area contributed by atoms with Crippen LogP contribution in [0.3, 0.4) is 0 Å². The molecule has 0 heterocycles. The molecule has 0 aromatic heterocycles. The van der Waals surface area contributed by atoms with Crippen LogP contribution in [0, 0.1) is 0 Å². The van der Waals surface area contributed by atoms with E-state index in [1.807, 2.05) is 24.3 Å². The molecule has 0 spiro atoms. The van der Waals surface area contributed by atoms with E-state index >= 15 is 0 Å². The Morgan fingerprint density at radius 1 is 1.33 bits per heavy atom. The van der Waals surface area contributed by atoms with Gasteiger partial charge in [0.05, 0.1) is 0 Å². The summed E-state index contributed by atoms with van der Waals surface area (Å²) in [4.78, 5) is 0. The summed E-state index contributed by atoms with van der Waals surface area (Å²) >= 11 is 0. The third-order valence-corrected chi connectivity index (χ3v) is 1.75. The Labute approximate surface area is 73.9 Å². The fourth-order valence-corrected chi connectivity index (χ4v) is 1.04. The smallest absolute Gasteiger partial charge is 0.0387 e. The minimum absolute atomic E-state index is 0.852. The Hall–Kier alpha value is -1.24. The number of para-hydroxylation sites is 1.